The van der Waals surface area contributed by atoms with E-state index >= 15 is 0 Å². The molecule has 31 heavy (non-hydrogen) atoms. The second-order valence-electron chi connectivity index (χ2n) is 8.01. The van der Waals surface area contributed by atoms with E-state index in [0.717, 1.165) is 17.3 Å². The molecule has 1 aliphatic rings. The van der Waals surface area contributed by atoms with Crippen molar-refractivity contribution in [1.29, 1.82) is 0 Å². The maximum atomic E-state index is 13.7. The molecule has 2 aromatic heterocycles. The van der Waals surface area contributed by atoms with E-state index < -0.39 is 0 Å². The van der Waals surface area contributed by atoms with Gasteiger partial charge in [-0.25, -0.2) is 0 Å². The molecular formula is C23H23N3O5. The molecule has 0 atom stereocenters. The molecule has 5 rings (SSSR count). The van der Waals surface area contributed by atoms with E-state index in [-0.39, 0.29) is 12.4 Å². The summed E-state index contributed by atoms with van der Waals surface area (Å²) in [5.41, 5.74) is 1.91. The van der Waals surface area contributed by atoms with Crippen molar-refractivity contribution in [3.63, 3.8) is 0 Å². The molecule has 0 bridgehead atoms. The van der Waals surface area contributed by atoms with Crippen LogP contribution in [0.1, 0.15) is 20.3 Å². The molecule has 8 heteroatoms. The number of benzene rings is 2. The van der Waals surface area contributed by atoms with Crippen LogP contribution in [0.2, 0.25) is 0 Å². The Bertz CT molecular complexity index is 1390. The summed E-state index contributed by atoms with van der Waals surface area (Å²) in [5, 5.41) is 10.9. The van der Waals surface area contributed by atoms with Crippen molar-refractivity contribution in [1.82, 2.24) is 14.8 Å². The van der Waals surface area contributed by atoms with Gasteiger partial charge in [-0.05, 0) is 30.5 Å². The predicted molar refractivity (Wildman–Crippen MR) is 117 cm³/mol. The van der Waals surface area contributed by atoms with E-state index in [9.17, 15) is 4.79 Å². The highest BCUT2D eigenvalue weighted by Gasteiger charge is 2.21. The van der Waals surface area contributed by atoms with E-state index in [1.807, 2.05) is 6.07 Å². The Morgan fingerprint density at radius 1 is 0.968 bits per heavy atom. The van der Waals surface area contributed by atoms with Gasteiger partial charge in [0.15, 0.2) is 23.0 Å². The summed E-state index contributed by atoms with van der Waals surface area (Å²) >= 11 is 0. The molecule has 1 aliphatic heterocycles. The first kappa shape index (κ1) is 19.4. The average molecular weight is 421 g/mol. The zero-order valence-electron chi connectivity index (χ0n) is 17.9. The molecule has 8 nitrogen and oxygen atoms in total. The lowest BCUT2D eigenvalue weighted by Crippen LogP contribution is -2.22. The second-order valence-corrected chi connectivity index (χ2v) is 8.01. The third-order valence-corrected chi connectivity index (χ3v) is 5.68. The van der Waals surface area contributed by atoms with Crippen LogP contribution in [-0.2, 0) is 6.54 Å². The Kier molecular flexibility index (Phi) is 4.57. The highest BCUT2D eigenvalue weighted by Crippen LogP contribution is 2.39. The van der Waals surface area contributed by atoms with E-state index in [2.05, 4.69) is 24.0 Å². The van der Waals surface area contributed by atoms with E-state index in [1.54, 1.807) is 37.0 Å². The van der Waals surface area contributed by atoms with Crippen LogP contribution in [0.15, 0.2) is 29.1 Å². The summed E-state index contributed by atoms with van der Waals surface area (Å²) in [4.78, 5) is 13.7. The molecule has 0 radical (unpaired) electrons. The summed E-state index contributed by atoms with van der Waals surface area (Å²) in [6.45, 7) is 5.00. The number of aryl methyl sites for hydroxylation is 1. The number of hydrogen-bond acceptors (Lipinski definition) is 7. The fourth-order valence-corrected chi connectivity index (χ4v) is 4.04. The topological polar surface area (TPSA) is 84.7 Å². The lowest BCUT2D eigenvalue weighted by Gasteiger charge is -2.17. The normalized spacial score (nSPS) is 12.9. The number of pyridine rings is 1. The van der Waals surface area contributed by atoms with Gasteiger partial charge in [0.25, 0.3) is 5.56 Å². The minimum absolute atomic E-state index is 0.101. The Morgan fingerprint density at radius 2 is 1.65 bits per heavy atom. The third-order valence-electron chi connectivity index (χ3n) is 5.68. The molecule has 0 fully saturated rings. The van der Waals surface area contributed by atoms with Gasteiger partial charge in [-0.1, -0.05) is 13.8 Å². The van der Waals surface area contributed by atoms with Crippen LogP contribution < -0.4 is 24.5 Å². The molecule has 2 aromatic carbocycles. The first-order chi connectivity index (χ1) is 15.0. The first-order valence-corrected chi connectivity index (χ1v) is 10.2. The van der Waals surface area contributed by atoms with Gasteiger partial charge in [0.2, 0.25) is 6.79 Å². The van der Waals surface area contributed by atoms with Gasteiger partial charge < -0.3 is 23.5 Å². The average Bonchev–Trinajstić information content (AvgIpc) is 3.23. The van der Waals surface area contributed by atoms with Crippen LogP contribution >= 0.6 is 0 Å². The first-order valence-electron chi connectivity index (χ1n) is 10.2. The van der Waals surface area contributed by atoms with E-state index in [0.29, 0.717) is 57.3 Å². The van der Waals surface area contributed by atoms with Crippen LogP contribution in [0, 0.1) is 5.92 Å². The maximum absolute atomic E-state index is 13.7. The minimum Gasteiger partial charge on any atom is -0.493 e. The Labute approximate surface area is 178 Å². The Morgan fingerprint density at radius 3 is 2.32 bits per heavy atom. The van der Waals surface area contributed by atoms with Crippen molar-refractivity contribution in [2.45, 2.75) is 26.8 Å². The monoisotopic (exact) mass is 421 g/mol. The number of fused-ring (bicyclic) bond motifs is 6. The fraction of sp³-hybridized carbons (Fsp3) is 0.348. The number of methoxy groups -OCH3 is 2. The number of aromatic nitrogens is 3. The van der Waals surface area contributed by atoms with Crippen molar-refractivity contribution < 1.29 is 18.9 Å². The van der Waals surface area contributed by atoms with Crippen molar-refractivity contribution in [3.8, 4) is 23.0 Å². The van der Waals surface area contributed by atoms with E-state index in [1.165, 1.54) is 0 Å². The maximum Gasteiger partial charge on any atom is 0.259 e. The van der Waals surface area contributed by atoms with Gasteiger partial charge in [0.1, 0.15) is 5.52 Å². The van der Waals surface area contributed by atoms with Gasteiger partial charge >= 0.3 is 0 Å². The molecule has 0 saturated carbocycles. The molecule has 3 heterocycles. The highest BCUT2D eigenvalue weighted by molar-refractivity contribution is 6.13. The standard InChI is InChI=1S/C23H23N3O5/c1-12(2)5-6-26-22-15-9-19-20(31-11-30-19)10-16(15)24-25-21(22)13-7-17(28-3)18(29-4)8-14(13)23(26)27/h7-10,12H,5-6,11H2,1-4H3. The van der Waals surface area contributed by atoms with Gasteiger partial charge in [-0.3, -0.25) is 4.79 Å². The second kappa shape index (κ2) is 7.30. The van der Waals surface area contributed by atoms with Crippen molar-refractivity contribution in [3.05, 3.63) is 34.6 Å². The zero-order chi connectivity index (χ0) is 21.7. The lowest BCUT2D eigenvalue weighted by atomic mass is 10.1. The van der Waals surface area contributed by atoms with Gasteiger partial charge in [-0.2, -0.15) is 0 Å². The summed E-state index contributed by atoms with van der Waals surface area (Å²) in [7, 11) is 3.12. The number of hydrogen-bond donors (Lipinski definition) is 0. The molecule has 4 aromatic rings. The fourth-order valence-electron chi connectivity index (χ4n) is 4.04. The van der Waals surface area contributed by atoms with Gasteiger partial charge in [-0.15, -0.1) is 10.2 Å². The molecule has 0 unspecified atom stereocenters. The number of ether oxygens (including phenoxy) is 4. The van der Waals surface area contributed by atoms with Crippen LogP contribution in [0.5, 0.6) is 23.0 Å². The van der Waals surface area contributed by atoms with E-state index in [4.69, 9.17) is 18.9 Å². The summed E-state index contributed by atoms with van der Waals surface area (Å²) in [6.07, 6.45) is 0.849. The number of nitrogens with zero attached hydrogens (tertiary/aromatic N) is 3. The highest BCUT2D eigenvalue weighted by atomic mass is 16.7. The smallest absolute Gasteiger partial charge is 0.259 e. The van der Waals surface area contributed by atoms with Crippen LogP contribution in [0.25, 0.3) is 32.7 Å². The van der Waals surface area contributed by atoms with Crippen LogP contribution in [0.3, 0.4) is 0 Å². The minimum atomic E-state index is -0.101. The largest absolute Gasteiger partial charge is 0.493 e. The summed E-state index contributed by atoms with van der Waals surface area (Å²) < 4.78 is 23.8. The number of rotatable bonds is 5. The van der Waals surface area contributed by atoms with Crippen LogP contribution in [0.4, 0.5) is 0 Å². The van der Waals surface area contributed by atoms with Crippen molar-refractivity contribution in [2.24, 2.45) is 5.92 Å². The Balaban J connectivity index is 1.94. The molecule has 0 spiro atoms. The van der Waals surface area contributed by atoms with Gasteiger partial charge in [0, 0.05) is 23.4 Å². The van der Waals surface area contributed by atoms with Gasteiger partial charge in [0.05, 0.1) is 30.6 Å². The van der Waals surface area contributed by atoms with Crippen molar-refractivity contribution >= 4 is 32.7 Å². The zero-order valence-corrected chi connectivity index (χ0v) is 17.9. The molecule has 0 amide bonds. The summed E-state index contributed by atoms with van der Waals surface area (Å²) in [5.74, 6) is 2.73. The van der Waals surface area contributed by atoms with Crippen LogP contribution in [-0.4, -0.2) is 35.8 Å². The third kappa shape index (κ3) is 3.01. The molecule has 0 aliphatic carbocycles. The Hall–Kier alpha value is -3.55. The molecular weight excluding hydrogens is 398 g/mol. The molecule has 0 saturated heterocycles. The predicted octanol–water partition coefficient (Wildman–Crippen LogP) is 3.89. The molecule has 0 N–H and O–H groups in total. The molecule has 160 valence electrons. The quantitative estimate of drug-likeness (QED) is 0.452. The lowest BCUT2D eigenvalue weighted by molar-refractivity contribution is 0.174. The summed E-state index contributed by atoms with van der Waals surface area (Å²) in [6, 6.07) is 7.19. The SMILES string of the molecule is COc1cc2c(=O)n(CCC(C)C)c3c4cc5c(cc4nnc3c2cc1OC)OCO5. The van der Waals surface area contributed by atoms with Crippen molar-refractivity contribution in [2.75, 3.05) is 21.0 Å².